The van der Waals surface area contributed by atoms with Crippen LogP contribution in [0.5, 0.6) is 0 Å². The van der Waals surface area contributed by atoms with Crippen LogP contribution in [0, 0.1) is 0 Å². The number of rotatable bonds is 3. The Hall–Kier alpha value is -2.50. The molecule has 2 aromatic rings. The molecule has 3 heterocycles. The van der Waals surface area contributed by atoms with E-state index in [2.05, 4.69) is 25.4 Å². The van der Waals surface area contributed by atoms with Gasteiger partial charge in [-0.2, -0.15) is 0 Å². The lowest BCUT2D eigenvalue weighted by Crippen LogP contribution is -2.30. The number of pyridine rings is 1. The molecule has 6 heteroatoms. The Balaban J connectivity index is 1.67. The van der Waals surface area contributed by atoms with E-state index in [1.54, 1.807) is 30.6 Å². The molecule has 3 rings (SSSR count). The Morgan fingerprint density at radius 2 is 1.76 bits per heavy atom. The van der Waals surface area contributed by atoms with Gasteiger partial charge in [-0.05, 0) is 43.5 Å². The summed E-state index contributed by atoms with van der Waals surface area (Å²) in [6, 6.07) is 7.04. The lowest BCUT2D eigenvalue weighted by molar-refractivity contribution is 0.102. The maximum Gasteiger partial charge on any atom is 0.276 e. The fraction of sp³-hybridized carbons (Fsp3) is 0.333. The topological polar surface area (TPSA) is 71.0 Å². The molecule has 0 aliphatic carbocycles. The van der Waals surface area contributed by atoms with Crippen LogP contribution in [0.25, 0.3) is 0 Å². The van der Waals surface area contributed by atoms with Crippen molar-refractivity contribution in [1.29, 1.82) is 0 Å². The van der Waals surface area contributed by atoms with Gasteiger partial charge in [-0.3, -0.25) is 9.78 Å². The van der Waals surface area contributed by atoms with Crippen molar-refractivity contribution in [2.45, 2.75) is 19.3 Å². The molecule has 0 saturated carbocycles. The Morgan fingerprint density at radius 1 is 1.00 bits per heavy atom. The van der Waals surface area contributed by atoms with Gasteiger partial charge in [0.25, 0.3) is 5.91 Å². The first-order chi connectivity index (χ1) is 10.3. The number of carbonyl (C=O) groups is 1. The maximum atomic E-state index is 12.1. The molecule has 2 aromatic heterocycles. The lowest BCUT2D eigenvalue weighted by Gasteiger charge is -2.27. The Morgan fingerprint density at radius 3 is 2.43 bits per heavy atom. The maximum absolute atomic E-state index is 12.1. The summed E-state index contributed by atoms with van der Waals surface area (Å²) in [4.78, 5) is 18.2. The summed E-state index contributed by atoms with van der Waals surface area (Å²) in [6.07, 6.45) is 6.90. The van der Waals surface area contributed by atoms with Gasteiger partial charge < -0.3 is 10.2 Å². The largest absolute Gasteiger partial charge is 0.355 e. The van der Waals surface area contributed by atoms with Crippen molar-refractivity contribution < 1.29 is 4.79 Å². The van der Waals surface area contributed by atoms with Crippen molar-refractivity contribution in [3.8, 4) is 0 Å². The molecule has 0 spiro atoms. The molecular weight excluding hydrogens is 266 g/mol. The highest BCUT2D eigenvalue weighted by Crippen LogP contribution is 2.16. The van der Waals surface area contributed by atoms with Gasteiger partial charge in [-0.15, -0.1) is 10.2 Å². The van der Waals surface area contributed by atoms with Crippen LogP contribution in [-0.2, 0) is 0 Å². The third-order valence-corrected chi connectivity index (χ3v) is 3.50. The minimum atomic E-state index is -0.265. The quantitative estimate of drug-likeness (QED) is 0.934. The van der Waals surface area contributed by atoms with Crippen molar-refractivity contribution in [3.63, 3.8) is 0 Å². The second-order valence-corrected chi connectivity index (χ2v) is 5.01. The Labute approximate surface area is 123 Å². The molecule has 1 aliphatic rings. The number of nitrogens with zero attached hydrogens (tertiary/aromatic N) is 4. The molecule has 1 N–H and O–H groups in total. The highest BCUT2D eigenvalue weighted by atomic mass is 16.1. The van der Waals surface area contributed by atoms with E-state index in [0.717, 1.165) is 18.9 Å². The highest BCUT2D eigenvalue weighted by molar-refractivity contribution is 6.02. The van der Waals surface area contributed by atoms with E-state index in [9.17, 15) is 4.79 Å². The van der Waals surface area contributed by atoms with Crippen molar-refractivity contribution in [1.82, 2.24) is 15.2 Å². The summed E-state index contributed by atoms with van der Waals surface area (Å²) < 4.78 is 0. The summed E-state index contributed by atoms with van der Waals surface area (Å²) >= 11 is 0. The van der Waals surface area contributed by atoms with Gasteiger partial charge in [0, 0.05) is 31.2 Å². The van der Waals surface area contributed by atoms with Crippen LogP contribution in [0.3, 0.4) is 0 Å². The van der Waals surface area contributed by atoms with E-state index in [-0.39, 0.29) is 5.91 Å². The van der Waals surface area contributed by atoms with Crippen molar-refractivity contribution in [3.05, 3.63) is 42.4 Å². The monoisotopic (exact) mass is 283 g/mol. The number of amides is 1. The zero-order valence-electron chi connectivity index (χ0n) is 11.7. The van der Waals surface area contributed by atoms with Crippen LogP contribution in [-0.4, -0.2) is 34.2 Å². The zero-order chi connectivity index (χ0) is 14.5. The normalized spacial score (nSPS) is 14.8. The number of hydrogen-bond acceptors (Lipinski definition) is 5. The molecule has 1 saturated heterocycles. The third kappa shape index (κ3) is 3.34. The zero-order valence-corrected chi connectivity index (χ0v) is 11.7. The van der Waals surface area contributed by atoms with Crippen LogP contribution in [0.4, 0.5) is 11.5 Å². The second-order valence-electron chi connectivity index (χ2n) is 5.01. The van der Waals surface area contributed by atoms with Gasteiger partial charge in [0.05, 0.1) is 0 Å². The van der Waals surface area contributed by atoms with E-state index in [1.807, 2.05) is 6.07 Å². The van der Waals surface area contributed by atoms with Gasteiger partial charge in [0.1, 0.15) is 0 Å². The lowest BCUT2D eigenvalue weighted by atomic mass is 10.1. The second kappa shape index (κ2) is 6.30. The number of carbonyl (C=O) groups excluding carboxylic acids is 1. The van der Waals surface area contributed by atoms with Crippen molar-refractivity contribution >= 4 is 17.4 Å². The van der Waals surface area contributed by atoms with E-state index in [4.69, 9.17) is 0 Å². The van der Waals surface area contributed by atoms with Crippen LogP contribution in [0.1, 0.15) is 29.8 Å². The molecule has 0 atom stereocenters. The minimum absolute atomic E-state index is 0.265. The van der Waals surface area contributed by atoms with Crippen LogP contribution in [0.15, 0.2) is 36.7 Å². The van der Waals surface area contributed by atoms with Gasteiger partial charge in [-0.1, -0.05) is 0 Å². The average molecular weight is 283 g/mol. The number of aromatic nitrogens is 3. The molecule has 0 unspecified atom stereocenters. The van der Waals surface area contributed by atoms with E-state index < -0.39 is 0 Å². The number of piperidine rings is 1. The number of anilines is 2. The van der Waals surface area contributed by atoms with Crippen LogP contribution in [0.2, 0.25) is 0 Å². The van der Waals surface area contributed by atoms with Gasteiger partial charge in [0.15, 0.2) is 11.5 Å². The van der Waals surface area contributed by atoms with Crippen LogP contribution < -0.4 is 10.2 Å². The number of nitrogens with one attached hydrogen (secondary N) is 1. The van der Waals surface area contributed by atoms with Gasteiger partial charge in [0.2, 0.25) is 0 Å². The standard InChI is InChI=1S/C15H17N5O/c21-15(17-12-6-8-16-9-7-12)13-4-5-14(19-18-13)20-10-2-1-3-11-20/h4-9H,1-3,10-11H2,(H,16,17,21). The SMILES string of the molecule is O=C(Nc1ccncc1)c1ccc(N2CCCCC2)nn1. The van der Waals surface area contributed by atoms with Crippen molar-refractivity contribution in [2.75, 3.05) is 23.3 Å². The molecule has 6 nitrogen and oxygen atoms in total. The molecular formula is C15H17N5O. The summed E-state index contributed by atoms with van der Waals surface area (Å²) in [5.41, 5.74) is 1.00. The Bertz CT molecular complexity index is 593. The molecule has 21 heavy (non-hydrogen) atoms. The predicted molar refractivity (Wildman–Crippen MR) is 80.3 cm³/mol. The van der Waals surface area contributed by atoms with Gasteiger partial charge >= 0.3 is 0 Å². The fourth-order valence-corrected chi connectivity index (χ4v) is 2.37. The number of hydrogen-bond donors (Lipinski definition) is 1. The van der Waals surface area contributed by atoms with E-state index >= 15 is 0 Å². The first-order valence-corrected chi connectivity index (χ1v) is 7.13. The molecule has 0 radical (unpaired) electrons. The smallest absolute Gasteiger partial charge is 0.276 e. The molecule has 108 valence electrons. The molecule has 0 bridgehead atoms. The Kier molecular flexibility index (Phi) is 4.04. The average Bonchev–Trinajstić information content (AvgIpc) is 2.57. The highest BCUT2D eigenvalue weighted by Gasteiger charge is 2.14. The van der Waals surface area contributed by atoms with E-state index in [1.165, 1.54) is 19.3 Å². The first kappa shape index (κ1) is 13.5. The fourth-order valence-electron chi connectivity index (χ4n) is 2.37. The summed E-state index contributed by atoms with van der Waals surface area (Å²) in [6.45, 7) is 2.02. The van der Waals surface area contributed by atoms with Gasteiger partial charge in [-0.25, -0.2) is 0 Å². The third-order valence-electron chi connectivity index (χ3n) is 3.50. The summed E-state index contributed by atoms with van der Waals surface area (Å²) in [7, 11) is 0. The predicted octanol–water partition coefficient (Wildman–Crippen LogP) is 2.11. The van der Waals surface area contributed by atoms with Crippen LogP contribution >= 0.6 is 0 Å². The molecule has 0 aromatic carbocycles. The first-order valence-electron chi connectivity index (χ1n) is 7.13. The van der Waals surface area contributed by atoms with Crippen molar-refractivity contribution in [2.24, 2.45) is 0 Å². The van der Waals surface area contributed by atoms with E-state index in [0.29, 0.717) is 11.4 Å². The summed E-state index contributed by atoms with van der Waals surface area (Å²) in [5, 5.41) is 11.0. The molecule has 1 amide bonds. The minimum Gasteiger partial charge on any atom is -0.355 e. The molecule has 1 aliphatic heterocycles. The summed E-state index contributed by atoms with van der Waals surface area (Å²) in [5.74, 6) is 0.578. The molecule has 1 fully saturated rings.